The second kappa shape index (κ2) is 6.69. The zero-order chi connectivity index (χ0) is 15.5. The van der Waals surface area contributed by atoms with Crippen molar-refractivity contribution in [2.24, 2.45) is 0 Å². The lowest BCUT2D eigenvalue weighted by atomic mass is 10.0. The molecule has 118 valence electrons. The molecular formula is C16H23F3N2. The normalized spacial score (nSPS) is 23.4. The summed E-state index contributed by atoms with van der Waals surface area (Å²) in [5.74, 6) is 0. The topological polar surface area (TPSA) is 15.3 Å². The number of rotatable bonds is 4. The smallest absolute Gasteiger partial charge is 0.365 e. The van der Waals surface area contributed by atoms with Gasteiger partial charge in [0.05, 0.1) is 5.56 Å². The highest BCUT2D eigenvalue weighted by molar-refractivity contribution is 5.56. The molecule has 2 atom stereocenters. The highest BCUT2D eigenvalue weighted by Crippen LogP contribution is 2.38. The fourth-order valence-corrected chi connectivity index (χ4v) is 3.03. The SMILES string of the molecule is CCCC1CN(c2ccccc2C(F)(F)F)C(CC)CN1. The van der Waals surface area contributed by atoms with Gasteiger partial charge in [0.15, 0.2) is 0 Å². The van der Waals surface area contributed by atoms with Gasteiger partial charge in [0.2, 0.25) is 0 Å². The number of hydrogen-bond donors (Lipinski definition) is 1. The van der Waals surface area contributed by atoms with Crippen LogP contribution in [0.4, 0.5) is 18.9 Å². The molecule has 0 aromatic heterocycles. The van der Waals surface area contributed by atoms with Crippen LogP contribution >= 0.6 is 0 Å². The quantitative estimate of drug-likeness (QED) is 0.902. The largest absolute Gasteiger partial charge is 0.418 e. The Morgan fingerprint density at radius 1 is 1.24 bits per heavy atom. The van der Waals surface area contributed by atoms with Crippen molar-refractivity contribution in [1.82, 2.24) is 5.32 Å². The van der Waals surface area contributed by atoms with Gasteiger partial charge >= 0.3 is 6.18 Å². The zero-order valence-electron chi connectivity index (χ0n) is 12.6. The van der Waals surface area contributed by atoms with Crippen molar-refractivity contribution in [3.63, 3.8) is 0 Å². The van der Waals surface area contributed by atoms with Crippen LogP contribution in [0.15, 0.2) is 24.3 Å². The summed E-state index contributed by atoms with van der Waals surface area (Å²) in [6.07, 6.45) is -1.46. The van der Waals surface area contributed by atoms with Crippen LogP contribution in [0.5, 0.6) is 0 Å². The van der Waals surface area contributed by atoms with Crippen molar-refractivity contribution in [3.8, 4) is 0 Å². The molecule has 1 N–H and O–H groups in total. The standard InChI is InChI=1S/C16H23F3N2/c1-3-7-12-11-21(13(4-2)10-20-12)15-9-6-5-8-14(15)16(17,18)19/h5-6,8-9,12-13,20H,3-4,7,10-11H2,1-2H3. The molecule has 0 bridgehead atoms. The third-order valence-electron chi connectivity index (χ3n) is 4.13. The van der Waals surface area contributed by atoms with Gasteiger partial charge in [-0.3, -0.25) is 0 Å². The van der Waals surface area contributed by atoms with Gasteiger partial charge in [-0.25, -0.2) is 0 Å². The molecule has 1 aliphatic heterocycles. The average molecular weight is 300 g/mol. The molecule has 1 aromatic rings. The van der Waals surface area contributed by atoms with E-state index < -0.39 is 11.7 Å². The Balaban J connectivity index is 2.32. The van der Waals surface area contributed by atoms with Crippen LogP contribution in [-0.2, 0) is 6.18 Å². The zero-order valence-corrected chi connectivity index (χ0v) is 12.6. The molecule has 1 fully saturated rings. The highest BCUT2D eigenvalue weighted by atomic mass is 19.4. The van der Waals surface area contributed by atoms with Gasteiger partial charge in [-0.1, -0.05) is 32.4 Å². The second-order valence-corrected chi connectivity index (χ2v) is 5.62. The van der Waals surface area contributed by atoms with Gasteiger partial charge in [-0.05, 0) is 25.0 Å². The molecule has 0 amide bonds. The van der Waals surface area contributed by atoms with Gasteiger partial charge in [0.1, 0.15) is 0 Å². The number of hydrogen-bond acceptors (Lipinski definition) is 2. The first-order valence-electron chi connectivity index (χ1n) is 7.63. The molecule has 5 heteroatoms. The molecular weight excluding hydrogens is 277 g/mol. The number of piperazine rings is 1. The van der Waals surface area contributed by atoms with Crippen molar-refractivity contribution in [2.45, 2.75) is 51.4 Å². The second-order valence-electron chi connectivity index (χ2n) is 5.62. The third-order valence-corrected chi connectivity index (χ3v) is 4.13. The molecule has 1 heterocycles. The van der Waals surface area contributed by atoms with Gasteiger partial charge in [0.25, 0.3) is 0 Å². The molecule has 0 aliphatic carbocycles. The summed E-state index contributed by atoms with van der Waals surface area (Å²) >= 11 is 0. The number of para-hydroxylation sites is 1. The molecule has 0 spiro atoms. The Morgan fingerprint density at radius 2 is 1.95 bits per heavy atom. The van der Waals surface area contributed by atoms with Crippen molar-refractivity contribution in [1.29, 1.82) is 0 Å². The monoisotopic (exact) mass is 300 g/mol. The van der Waals surface area contributed by atoms with E-state index in [-0.39, 0.29) is 12.1 Å². The predicted octanol–water partition coefficient (Wildman–Crippen LogP) is 4.06. The van der Waals surface area contributed by atoms with Crippen molar-refractivity contribution < 1.29 is 13.2 Å². The van der Waals surface area contributed by atoms with Crippen LogP contribution in [0.2, 0.25) is 0 Å². The van der Waals surface area contributed by atoms with E-state index >= 15 is 0 Å². The Bertz CT molecular complexity index is 459. The lowest BCUT2D eigenvalue weighted by Gasteiger charge is -2.42. The van der Waals surface area contributed by atoms with Crippen LogP contribution < -0.4 is 10.2 Å². The van der Waals surface area contributed by atoms with E-state index in [2.05, 4.69) is 12.2 Å². The lowest BCUT2D eigenvalue weighted by Crippen LogP contribution is -2.56. The van der Waals surface area contributed by atoms with E-state index in [1.807, 2.05) is 11.8 Å². The first-order chi connectivity index (χ1) is 9.97. The van der Waals surface area contributed by atoms with Gasteiger partial charge < -0.3 is 10.2 Å². The highest BCUT2D eigenvalue weighted by Gasteiger charge is 2.37. The first-order valence-corrected chi connectivity index (χ1v) is 7.63. The Hall–Kier alpha value is -1.23. The fourth-order valence-electron chi connectivity index (χ4n) is 3.03. The number of benzene rings is 1. The van der Waals surface area contributed by atoms with Crippen molar-refractivity contribution in [2.75, 3.05) is 18.0 Å². The van der Waals surface area contributed by atoms with Crippen LogP contribution in [-0.4, -0.2) is 25.2 Å². The van der Waals surface area contributed by atoms with E-state index in [4.69, 9.17) is 0 Å². The average Bonchev–Trinajstić information content (AvgIpc) is 2.46. The Labute approximate surface area is 124 Å². The minimum Gasteiger partial charge on any atom is -0.365 e. The van der Waals surface area contributed by atoms with E-state index in [0.717, 1.165) is 25.8 Å². The summed E-state index contributed by atoms with van der Waals surface area (Å²) in [5.41, 5.74) is -0.208. The molecule has 1 aromatic carbocycles. The molecule has 2 nitrogen and oxygen atoms in total. The van der Waals surface area contributed by atoms with Crippen molar-refractivity contribution in [3.05, 3.63) is 29.8 Å². The number of halogens is 3. The minimum atomic E-state index is -4.31. The van der Waals surface area contributed by atoms with Crippen molar-refractivity contribution >= 4 is 5.69 Å². The molecule has 1 saturated heterocycles. The Morgan fingerprint density at radius 3 is 2.57 bits per heavy atom. The van der Waals surface area contributed by atoms with E-state index in [9.17, 15) is 13.2 Å². The summed E-state index contributed by atoms with van der Waals surface area (Å²) in [7, 11) is 0. The predicted molar refractivity (Wildman–Crippen MR) is 79.6 cm³/mol. The van der Waals surface area contributed by atoms with Crippen LogP contribution in [0, 0.1) is 0 Å². The Kier molecular flexibility index (Phi) is 5.14. The fraction of sp³-hybridized carbons (Fsp3) is 0.625. The number of nitrogens with zero attached hydrogens (tertiary/aromatic N) is 1. The maximum atomic E-state index is 13.2. The van der Waals surface area contributed by atoms with Crippen LogP contribution in [0.1, 0.15) is 38.7 Å². The first kappa shape index (κ1) is 16.1. The van der Waals surface area contributed by atoms with Crippen LogP contribution in [0.25, 0.3) is 0 Å². The molecule has 2 unspecified atom stereocenters. The molecule has 0 radical (unpaired) electrons. The third kappa shape index (κ3) is 3.70. The molecule has 0 saturated carbocycles. The lowest BCUT2D eigenvalue weighted by molar-refractivity contribution is -0.137. The van der Waals surface area contributed by atoms with Crippen LogP contribution in [0.3, 0.4) is 0 Å². The summed E-state index contributed by atoms with van der Waals surface area (Å²) in [5, 5.41) is 3.46. The van der Waals surface area contributed by atoms with E-state index in [1.54, 1.807) is 12.1 Å². The van der Waals surface area contributed by atoms with E-state index in [0.29, 0.717) is 12.2 Å². The van der Waals surface area contributed by atoms with E-state index in [1.165, 1.54) is 12.1 Å². The number of alkyl halides is 3. The summed E-state index contributed by atoms with van der Waals surface area (Å²) in [4.78, 5) is 1.94. The summed E-state index contributed by atoms with van der Waals surface area (Å²) in [6, 6.07) is 6.30. The minimum absolute atomic E-state index is 0.113. The summed E-state index contributed by atoms with van der Waals surface area (Å²) in [6.45, 7) is 5.50. The molecule has 1 aliphatic rings. The molecule has 2 rings (SSSR count). The summed E-state index contributed by atoms with van der Waals surface area (Å²) < 4.78 is 39.7. The maximum Gasteiger partial charge on any atom is 0.418 e. The van der Waals surface area contributed by atoms with Gasteiger partial charge in [-0.15, -0.1) is 0 Å². The number of anilines is 1. The number of nitrogens with one attached hydrogen (secondary N) is 1. The molecule has 21 heavy (non-hydrogen) atoms. The van der Waals surface area contributed by atoms with Gasteiger partial charge in [-0.2, -0.15) is 13.2 Å². The van der Waals surface area contributed by atoms with Gasteiger partial charge in [0, 0.05) is 30.9 Å². The maximum absolute atomic E-state index is 13.2.